The Kier molecular flexibility index (Phi) is 5.64. The molecule has 4 atom stereocenters. The molecule has 1 N–H and O–H groups in total. The van der Waals surface area contributed by atoms with E-state index in [1.807, 2.05) is 18.2 Å². The first-order chi connectivity index (χ1) is 18.3. The summed E-state index contributed by atoms with van der Waals surface area (Å²) in [4.78, 5) is 55.4. The molecular weight excluding hydrogens is 478 g/mol. The third-order valence-corrected chi connectivity index (χ3v) is 8.40. The Labute approximate surface area is 220 Å². The third kappa shape index (κ3) is 3.40. The first kappa shape index (κ1) is 24.0. The number of allylic oxidation sites excluding steroid dienone is 7. The SMILES string of the molecule is C=CCc1cccc([C@H]2C3=CC[C@@H]4C(=O)N(c5ccccc5)C(=O)[C@@H]4[C@@H]3CC3=C2C(=O)C=C(C)C3=O)c1O. The quantitative estimate of drug-likeness (QED) is 0.368. The molecule has 6 rings (SSSR count). The zero-order valence-electron chi connectivity index (χ0n) is 21.0. The Morgan fingerprint density at radius 1 is 1.00 bits per heavy atom. The lowest BCUT2D eigenvalue weighted by Gasteiger charge is -2.42. The molecular formula is C32H27NO5. The van der Waals surface area contributed by atoms with Gasteiger partial charge in [-0.1, -0.05) is 54.1 Å². The Bertz CT molecular complexity index is 1530. The number of aromatic hydroxyl groups is 1. The van der Waals surface area contributed by atoms with Gasteiger partial charge in [0.2, 0.25) is 11.8 Å². The van der Waals surface area contributed by atoms with E-state index in [0.29, 0.717) is 46.4 Å². The first-order valence-corrected chi connectivity index (χ1v) is 12.9. The number of para-hydroxylation sites is 2. The van der Waals surface area contributed by atoms with Crippen LogP contribution in [-0.4, -0.2) is 28.5 Å². The van der Waals surface area contributed by atoms with Crippen LogP contribution in [0.5, 0.6) is 5.75 Å². The van der Waals surface area contributed by atoms with Crippen molar-refractivity contribution in [2.24, 2.45) is 17.8 Å². The highest BCUT2D eigenvalue weighted by atomic mass is 16.3. The number of ketones is 2. The van der Waals surface area contributed by atoms with Gasteiger partial charge in [-0.15, -0.1) is 6.58 Å². The Hall–Kier alpha value is -4.32. The number of amides is 2. The van der Waals surface area contributed by atoms with E-state index >= 15 is 0 Å². The minimum absolute atomic E-state index is 0.0548. The van der Waals surface area contributed by atoms with Gasteiger partial charge in [0, 0.05) is 28.2 Å². The second kappa shape index (κ2) is 8.91. The van der Waals surface area contributed by atoms with Crippen molar-refractivity contribution in [2.45, 2.75) is 32.1 Å². The third-order valence-electron chi connectivity index (χ3n) is 8.40. The number of hydrogen-bond donors (Lipinski definition) is 1. The molecule has 6 heteroatoms. The van der Waals surface area contributed by atoms with Crippen LogP contribution in [-0.2, 0) is 25.6 Å². The van der Waals surface area contributed by atoms with Gasteiger partial charge in [-0.3, -0.25) is 24.1 Å². The van der Waals surface area contributed by atoms with Crippen LogP contribution < -0.4 is 4.90 Å². The second-order valence-electron chi connectivity index (χ2n) is 10.4. The molecule has 1 aliphatic heterocycles. The molecule has 2 aromatic carbocycles. The molecule has 0 radical (unpaired) electrons. The average Bonchev–Trinajstić information content (AvgIpc) is 3.18. The predicted octanol–water partition coefficient (Wildman–Crippen LogP) is 4.75. The van der Waals surface area contributed by atoms with Crippen LogP contribution in [0.2, 0.25) is 0 Å². The van der Waals surface area contributed by atoms with Gasteiger partial charge < -0.3 is 5.11 Å². The topological polar surface area (TPSA) is 91.8 Å². The summed E-state index contributed by atoms with van der Waals surface area (Å²) in [5.41, 5.74) is 3.65. The lowest BCUT2D eigenvalue weighted by atomic mass is 9.59. The molecule has 1 heterocycles. The Morgan fingerprint density at radius 2 is 1.76 bits per heavy atom. The smallest absolute Gasteiger partial charge is 0.238 e. The highest BCUT2D eigenvalue weighted by Gasteiger charge is 2.56. The molecule has 0 unspecified atom stereocenters. The van der Waals surface area contributed by atoms with Crippen LogP contribution in [0.15, 0.2) is 95.6 Å². The van der Waals surface area contributed by atoms with E-state index in [0.717, 1.165) is 5.57 Å². The molecule has 38 heavy (non-hydrogen) atoms. The largest absolute Gasteiger partial charge is 0.507 e. The summed E-state index contributed by atoms with van der Waals surface area (Å²) in [6.45, 7) is 5.39. The highest BCUT2D eigenvalue weighted by Crippen LogP contribution is 2.56. The first-order valence-electron chi connectivity index (χ1n) is 12.9. The van der Waals surface area contributed by atoms with E-state index in [4.69, 9.17) is 0 Å². The van der Waals surface area contributed by atoms with E-state index in [9.17, 15) is 24.3 Å². The highest BCUT2D eigenvalue weighted by molar-refractivity contribution is 6.25. The number of benzene rings is 2. The van der Waals surface area contributed by atoms with Crippen LogP contribution >= 0.6 is 0 Å². The minimum atomic E-state index is -0.677. The lowest BCUT2D eigenvalue weighted by molar-refractivity contribution is -0.123. The number of carbonyl (C=O) groups excluding carboxylic acids is 4. The summed E-state index contributed by atoms with van der Waals surface area (Å²) in [7, 11) is 0. The van der Waals surface area contributed by atoms with E-state index in [1.165, 1.54) is 11.0 Å². The van der Waals surface area contributed by atoms with Gasteiger partial charge in [0.15, 0.2) is 11.6 Å². The molecule has 2 amide bonds. The van der Waals surface area contributed by atoms with Gasteiger partial charge in [0.25, 0.3) is 0 Å². The van der Waals surface area contributed by atoms with Crippen molar-refractivity contribution in [1.82, 2.24) is 0 Å². The fourth-order valence-corrected chi connectivity index (χ4v) is 6.73. The molecule has 1 saturated heterocycles. The van der Waals surface area contributed by atoms with Crippen molar-refractivity contribution in [3.05, 3.63) is 107 Å². The van der Waals surface area contributed by atoms with Gasteiger partial charge in [-0.05, 0) is 55.9 Å². The van der Waals surface area contributed by atoms with Crippen molar-refractivity contribution in [3.63, 3.8) is 0 Å². The summed E-state index contributed by atoms with van der Waals surface area (Å²) in [6.07, 6.45) is 6.03. The average molecular weight is 506 g/mol. The lowest BCUT2D eigenvalue weighted by Crippen LogP contribution is -2.39. The number of hydrogen-bond acceptors (Lipinski definition) is 5. The minimum Gasteiger partial charge on any atom is -0.507 e. The van der Waals surface area contributed by atoms with Crippen molar-refractivity contribution >= 4 is 29.1 Å². The molecule has 3 aliphatic carbocycles. The van der Waals surface area contributed by atoms with Gasteiger partial charge in [0.1, 0.15) is 5.75 Å². The van der Waals surface area contributed by atoms with E-state index in [1.54, 1.807) is 49.4 Å². The fraction of sp³-hybridized carbons (Fsp3) is 0.250. The number of rotatable bonds is 4. The number of nitrogens with zero attached hydrogens (tertiary/aromatic N) is 1. The number of phenols is 1. The molecule has 2 aromatic rings. The van der Waals surface area contributed by atoms with Crippen molar-refractivity contribution in [3.8, 4) is 5.75 Å². The summed E-state index contributed by atoms with van der Waals surface area (Å²) < 4.78 is 0. The van der Waals surface area contributed by atoms with Crippen LogP contribution in [0.4, 0.5) is 5.69 Å². The van der Waals surface area contributed by atoms with Gasteiger partial charge in [-0.25, -0.2) is 0 Å². The van der Waals surface area contributed by atoms with Crippen molar-refractivity contribution in [1.29, 1.82) is 0 Å². The molecule has 190 valence electrons. The van der Waals surface area contributed by atoms with Crippen molar-refractivity contribution < 1.29 is 24.3 Å². The maximum atomic E-state index is 13.9. The van der Waals surface area contributed by atoms with E-state index in [2.05, 4.69) is 6.58 Å². The molecule has 0 saturated carbocycles. The number of carbonyl (C=O) groups is 4. The monoisotopic (exact) mass is 505 g/mol. The van der Waals surface area contributed by atoms with E-state index in [-0.39, 0.29) is 35.6 Å². The standard InChI is InChI=1S/C32H27NO5/c1-3-8-18-9-7-12-21(30(18)36)26-20-13-14-22-27(32(38)33(31(22)37)19-10-5-4-6-11-19)23(20)16-24-28(26)25(34)15-17(2)29(24)35/h3-7,9-13,15,22-23,26-27,36H,1,8,14,16H2,2H3/t22-,23+,26+,27-/m0/s1. The van der Waals surface area contributed by atoms with Crippen LogP contribution in [0.3, 0.4) is 0 Å². The summed E-state index contributed by atoms with van der Waals surface area (Å²) in [5.74, 6) is -3.23. The van der Waals surface area contributed by atoms with Gasteiger partial charge in [-0.2, -0.15) is 0 Å². The summed E-state index contributed by atoms with van der Waals surface area (Å²) in [6, 6.07) is 14.3. The fourth-order valence-electron chi connectivity index (χ4n) is 6.73. The normalized spacial score (nSPS) is 26.5. The van der Waals surface area contributed by atoms with Gasteiger partial charge >= 0.3 is 0 Å². The maximum Gasteiger partial charge on any atom is 0.238 e. The molecule has 1 fully saturated rings. The number of phenolic OH excluding ortho intramolecular Hbond substituents is 1. The number of Topliss-reactive ketones (excluding diaryl/α,β-unsaturated/α-hetero) is 1. The Morgan fingerprint density at radius 3 is 2.50 bits per heavy atom. The second-order valence-corrected chi connectivity index (χ2v) is 10.4. The molecule has 0 aromatic heterocycles. The molecule has 4 aliphatic rings. The van der Waals surface area contributed by atoms with Crippen LogP contribution in [0, 0.1) is 17.8 Å². The number of fused-ring (bicyclic) bond motifs is 3. The molecule has 0 bridgehead atoms. The zero-order chi connectivity index (χ0) is 26.7. The van der Waals surface area contributed by atoms with Crippen LogP contribution in [0.1, 0.15) is 36.8 Å². The maximum absolute atomic E-state index is 13.9. The summed E-state index contributed by atoms with van der Waals surface area (Å²) >= 11 is 0. The molecule has 0 spiro atoms. The zero-order valence-corrected chi connectivity index (χ0v) is 21.0. The number of anilines is 1. The van der Waals surface area contributed by atoms with Crippen LogP contribution in [0.25, 0.3) is 0 Å². The summed E-state index contributed by atoms with van der Waals surface area (Å²) in [5, 5.41) is 11.3. The Balaban J connectivity index is 1.52. The van der Waals surface area contributed by atoms with Crippen molar-refractivity contribution in [2.75, 3.05) is 4.90 Å². The van der Waals surface area contributed by atoms with Gasteiger partial charge in [0.05, 0.1) is 17.5 Å². The molecule has 6 nitrogen and oxygen atoms in total. The number of imide groups is 1. The van der Waals surface area contributed by atoms with E-state index < -0.39 is 23.7 Å². The predicted molar refractivity (Wildman–Crippen MR) is 142 cm³/mol.